The highest BCUT2D eigenvalue weighted by atomic mass is 35.5. The van der Waals surface area contributed by atoms with Crippen LogP contribution in [0.5, 0.6) is 0 Å². The molecule has 0 radical (unpaired) electrons. The summed E-state index contributed by atoms with van der Waals surface area (Å²) in [7, 11) is 0. The van der Waals surface area contributed by atoms with E-state index in [1.165, 1.54) is 0 Å². The van der Waals surface area contributed by atoms with Crippen LogP contribution in [0.25, 0.3) is 10.8 Å². The molecule has 1 aromatic carbocycles. The Kier molecular flexibility index (Phi) is 3.30. The molecule has 1 N–H and O–H groups in total. The Balaban J connectivity index is 2.42. The Bertz CT molecular complexity index is 494. The first-order chi connectivity index (χ1) is 7.66. The van der Waals surface area contributed by atoms with Gasteiger partial charge in [-0.1, -0.05) is 49.7 Å². The minimum Gasteiger partial charge on any atom is -0.369 e. The first kappa shape index (κ1) is 11.2. The van der Waals surface area contributed by atoms with Crippen molar-refractivity contribution in [3.8, 4) is 0 Å². The lowest BCUT2D eigenvalue weighted by atomic mass is 10.1. The fourth-order valence-electron chi connectivity index (χ4n) is 1.60. The molecule has 0 aliphatic heterocycles. The average molecular weight is 235 g/mol. The van der Waals surface area contributed by atoms with E-state index in [2.05, 4.69) is 30.2 Å². The summed E-state index contributed by atoms with van der Waals surface area (Å²) in [6, 6.07) is 10.0. The number of hydrogen-bond donors (Lipinski definition) is 1. The standard InChI is InChI=1S/C13H15ClN2/c1-9(2)8-15-13-11-6-4-3-5-10(11)7-12(14)16-13/h3-7,9H,8H2,1-2H3,(H,15,16). The Morgan fingerprint density at radius 3 is 2.81 bits per heavy atom. The van der Waals surface area contributed by atoms with Crippen molar-refractivity contribution in [2.45, 2.75) is 13.8 Å². The van der Waals surface area contributed by atoms with Crippen LogP contribution in [0.2, 0.25) is 5.15 Å². The second kappa shape index (κ2) is 4.71. The normalized spacial score (nSPS) is 11.0. The minimum atomic E-state index is 0.532. The van der Waals surface area contributed by atoms with Crippen LogP contribution < -0.4 is 5.32 Å². The van der Waals surface area contributed by atoms with E-state index >= 15 is 0 Å². The lowest BCUT2D eigenvalue weighted by molar-refractivity contribution is 0.687. The maximum absolute atomic E-state index is 5.99. The third kappa shape index (κ3) is 2.45. The van der Waals surface area contributed by atoms with Gasteiger partial charge in [0.2, 0.25) is 0 Å². The van der Waals surface area contributed by atoms with Crippen LogP contribution >= 0.6 is 11.6 Å². The molecule has 0 atom stereocenters. The SMILES string of the molecule is CC(C)CNc1nc(Cl)cc2ccccc12. The molecule has 0 saturated heterocycles. The molecule has 2 nitrogen and oxygen atoms in total. The van der Waals surface area contributed by atoms with E-state index in [0.717, 1.165) is 23.1 Å². The summed E-state index contributed by atoms with van der Waals surface area (Å²) in [6.07, 6.45) is 0. The average Bonchev–Trinajstić information content (AvgIpc) is 2.25. The topological polar surface area (TPSA) is 24.9 Å². The zero-order valence-electron chi connectivity index (χ0n) is 9.50. The highest BCUT2D eigenvalue weighted by molar-refractivity contribution is 6.30. The predicted octanol–water partition coefficient (Wildman–Crippen LogP) is 3.96. The van der Waals surface area contributed by atoms with Gasteiger partial charge in [0.15, 0.2) is 0 Å². The molecule has 0 saturated carbocycles. The van der Waals surface area contributed by atoms with Crippen molar-refractivity contribution in [2.24, 2.45) is 5.92 Å². The number of rotatable bonds is 3. The van der Waals surface area contributed by atoms with E-state index in [0.29, 0.717) is 11.1 Å². The number of anilines is 1. The zero-order valence-corrected chi connectivity index (χ0v) is 10.3. The smallest absolute Gasteiger partial charge is 0.135 e. The van der Waals surface area contributed by atoms with Crippen molar-refractivity contribution in [3.05, 3.63) is 35.5 Å². The minimum absolute atomic E-state index is 0.532. The summed E-state index contributed by atoms with van der Waals surface area (Å²) >= 11 is 5.99. The molecule has 0 fully saturated rings. The van der Waals surface area contributed by atoms with Gasteiger partial charge in [-0.15, -0.1) is 0 Å². The van der Waals surface area contributed by atoms with Gasteiger partial charge in [-0.3, -0.25) is 0 Å². The first-order valence-electron chi connectivity index (χ1n) is 5.46. The summed E-state index contributed by atoms with van der Waals surface area (Å²) in [5.74, 6) is 1.45. The Morgan fingerprint density at radius 1 is 1.31 bits per heavy atom. The predicted molar refractivity (Wildman–Crippen MR) is 70.1 cm³/mol. The molecule has 0 aliphatic rings. The molecule has 2 aromatic rings. The zero-order chi connectivity index (χ0) is 11.5. The van der Waals surface area contributed by atoms with Gasteiger partial charge < -0.3 is 5.32 Å². The number of pyridine rings is 1. The van der Waals surface area contributed by atoms with Crippen molar-refractivity contribution >= 4 is 28.2 Å². The fourth-order valence-corrected chi connectivity index (χ4v) is 1.80. The van der Waals surface area contributed by atoms with Gasteiger partial charge in [-0.25, -0.2) is 4.98 Å². The molecule has 84 valence electrons. The summed E-state index contributed by atoms with van der Waals surface area (Å²) in [6.45, 7) is 5.23. The van der Waals surface area contributed by atoms with Crippen LogP contribution in [-0.2, 0) is 0 Å². The van der Waals surface area contributed by atoms with Crippen LogP contribution in [0.1, 0.15) is 13.8 Å². The molecular formula is C13H15ClN2. The van der Waals surface area contributed by atoms with Gasteiger partial charge in [-0.2, -0.15) is 0 Å². The highest BCUT2D eigenvalue weighted by Gasteiger charge is 2.04. The second-order valence-corrected chi connectivity index (χ2v) is 4.68. The number of nitrogens with one attached hydrogen (secondary N) is 1. The van der Waals surface area contributed by atoms with Crippen LogP contribution in [0.3, 0.4) is 0 Å². The molecule has 1 aromatic heterocycles. The first-order valence-corrected chi connectivity index (χ1v) is 5.84. The summed E-state index contributed by atoms with van der Waals surface area (Å²) < 4.78 is 0. The van der Waals surface area contributed by atoms with E-state index in [-0.39, 0.29) is 0 Å². The van der Waals surface area contributed by atoms with Gasteiger partial charge >= 0.3 is 0 Å². The molecule has 0 aliphatic carbocycles. The van der Waals surface area contributed by atoms with Crippen molar-refractivity contribution in [3.63, 3.8) is 0 Å². The van der Waals surface area contributed by atoms with Crippen LogP contribution in [0.4, 0.5) is 5.82 Å². The second-order valence-electron chi connectivity index (χ2n) is 4.29. The van der Waals surface area contributed by atoms with E-state index < -0.39 is 0 Å². The summed E-state index contributed by atoms with van der Waals surface area (Å²) in [4.78, 5) is 4.33. The molecule has 3 heteroatoms. The number of nitrogens with zero attached hydrogens (tertiary/aromatic N) is 1. The van der Waals surface area contributed by atoms with Crippen molar-refractivity contribution in [1.82, 2.24) is 4.98 Å². The van der Waals surface area contributed by atoms with Gasteiger partial charge in [0.05, 0.1) is 0 Å². The van der Waals surface area contributed by atoms with Crippen molar-refractivity contribution in [2.75, 3.05) is 11.9 Å². The number of aromatic nitrogens is 1. The van der Waals surface area contributed by atoms with Crippen LogP contribution in [0.15, 0.2) is 30.3 Å². The Morgan fingerprint density at radius 2 is 2.06 bits per heavy atom. The van der Waals surface area contributed by atoms with Crippen LogP contribution in [0, 0.1) is 5.92 Å². The quantitative estimate of drug-likeness (QED) is 0.814. The summed E-state index contributed by atoms with van der Waals surface area (Å²) in [5, 5.41) is 6.10. The van der Waals surface area contributed by atoms with Gasteiger partial charge in [0, 0.05) is 11.9 Å². The van der Waals surface area contributed by atoms with E-state index in [9.17, 15) is 0 Å². The maximum Gasteiger partial charge on any atom is 0.135 e. The number of hydrogen-bond acceptors (Lipinski definition) is 2. The van der Waals surface area contributed by atoms with Crippen molar-refractivity contribution < 1.29 is 0 Å². The molecule has 0 spiro atoms. The number of benzene rings is 1. The molecule has 1 heterocycles. The Labute approximate surface area is 101 Å². The maximum atomic E-state index is 5.99. The fraction of sp³-hybridized carbons (Fsp3) is 0.308. The van der Waals surface area contributed by atoms with Gasteiger partial charge in [0.25, 0.3) is 0 Å². The van der Waals surface area contributed by atoms with Crippen molar-refractivity contribution in [1.29, 1.82) is 0 Å². The van der Waals surface area contributed by atoms with Crippen LogP contribution in [-0.4, -0.2) is 11.5 Å². The number of halogens is 1. The summed E-state index contributed by atoms with van der Waals surface area (Å²) in [5.41, 5.74) is 0. The van der Waals surface area contributed by atoms with E-state index in [1.54, 1.807) is 0 Å². The molecule has 0 unspecified atom stereocenters. The molecule has 0 amide bonds. The molecular weight excluding hydrogens is 220 g/mol. The lowest BCUT2D eigenvalue weighted by Crippen LogP contribution is -2.09. The largest absolute Gasteiger partial charge is 0.369 e. The van der Waals surface area contributed by atoms with Gasteiger partial charge in [-0.05, 0) is 17.4 Å². The van der Waals surface area contributed by atoms with E-state index in [4.69, 9.17) is 11.6 Å². The van der Waals surface area contributed by atoms with Gasteiger partial charge in [0.1, 0.15) is 11.0 Å². The monoisotopic (exact) mass is 234 g/mol. The Hall–Kier alpha value is -1.28. The third-order valence-electron chi connectivity index (χ3n) is 2.39. The molecule has 16 heavy (non-hydrogen) atoms. The lowest BCUT2D eigenvalue weighted by Gasteiger charge is -2.11. The number of fused-ring (bicyclic) bond motifs is 1. The molecule has 0 bridgehead atoms. The van der Waals surface area contributed by atoms with E-state index in [1.807, 2.05) is 24.3 Å². The molecule has 2 rings (SSSR count). The highest BCUT2D eigenvalue weighted by Crippen LogP contribution is 2.24. The third-order valence-corrected chi connectivity index (χ3v) is 2.58.